The van der Waals surface area contributed by atoms with E-state index in [0.29, 0.717) is 12.5 Å². The van der Waals surface area contributed by atoms with E-state index in [1.165, 1.54) is 43.5 Å². The first-order chi connectivity index (χ1) is 19.6. The molecule has 0 aromatic heterocycles. The number of nitrogens with two attached hydrogens (primary N) is 1. The summed E-state index contributed by atoms with van der Waals surface area (Å²) >= 11 is 0. The van der Waals surface area contributed by atoms with Crippen molar-refractivity contribution in [3.05, 3.63) is 71.8 Å². The molecule has 0 bridgehead atoms. The molecule has 6 rings (SSSR count). The number of nitrogens with zero attached hydrogens (tertiary/aromatic N) is 1. The highest BCUT2D eigenvalue weighted by Crippen LogP contribution is 2.71. The molecule has 0 amide bonds. The smallest absolute Gasteiger partial charge is 0.380 e. The van der Waals surface area contributed by atoms with Gasteiger partial charge in [0.1, 0.15) is 18.1 Å². The van der Waals surface area contributed by atoms with E-state index in [-0.39, 0.29) is 34.5 Å². The second-order valence-corrected chi connectivity index (χ2v) is 14.2. The van der Waals surface area contributed by atoms with Crippen molar-refractivity contribution >= 4 is 10.3 Å². The van der Waals surface area contributed by atoms with Crippen molar-refractivity contribution in [1.29, 1.82) is 0 Å². The molecule has 7 nitrogen and oxygen atoms in total. The average Bonchev–Trinajstić information content (AvgIpc) is 3.26. The molecule has 1 saturated heterocycles. The molecule has 0 spiro atoms. The minimum absolute atomic E-state index is 0.154. The van der Waals surface area contributed by atoms with E-state index < -0.39 is 10.3 Å². The van der Waals surface area contributed by atoms with E-state index >= 15 is 0 Å². The SMILES string of the molecule is C=C[C@@]12CCc3cc(OS(N)(=O)=O)ccc3C1[C@@H](c1ccc(OCCN3CCCCC3)cc1)C[C@@]1(C)C2CC[C@@H]1O. The molecule has 41 heavy (non-hydrogen) atoms. The Kier molecular flexibility index (Phi) is 7.72. The normalized spacial score (nSPS) is 33.3. The summed E-state index contributed by atoms with van der Waals surface area (Å²) in [5.74, 6) is 1.77. The summed E-state index contributed by atoms with van der Waals surface area (Å²) in [6.07, 6.45) is 10.1. The molecule has 3 aliphatic carbocycles. The number of hydrogen-bond donors (Lipinski definition) is 2. The fourth-order valence-corrected chi connectivity index (χ4v) is 9.38. The fraction of sp³-hybridized carbons (Fsp3) is 0.576. The van der Waals surface area contributed by atoms with Crippen LogP contribution in [0, 0.1) is 16.7 Å². The lowest BCUT2D eigenvalue weighted by atomic mass is 9.44. The van der Waals surface area contributed by atoms with E-state index in [0.717, 1.165) is 50.0 Å². The number of piperidine rings is 1. The van der Waals surface area contributed by atoms with Gasteiger partial charge in [-0.05, 0) is 122 Å². The third-order valence-corrected chi connectivity index (χ3v) is 11.3. The molecule has 222 valence electrons. The summed E-state index contributed by atoms with van der Waals surface area (Å²) in [5, 5.41) is 16.5. The molecule has 2 aromatic rings. The first-order valence-electron chi connectivity index (χ1n) is 15.2. The summed E-state index contributed by atoms with van der Waals surface area (Å²) in [5.41, 5.74) is 3.18. The maximum Gasteiger partial charge on any atom is 0.380 e. The van der Waals surface area contributed by atoms with Crippen LogP contribution in [0.25, 0.3) is 0 Å². The first-order valence-corrected chi connectivity index (χ1v) is 16.7. The van der Waals surface area contributed by atoms with Gasteiger partial charge in [0.05, 0.1) is 6.10 Å². The van der Waals surface area contributed by atoms with Crippen LogP contribution in [0.5, 0.6) is 11.5 Å². The van der Waals surface area contributed by atoms with Gasteiger partial charge in [0.15, 0.2) is 0 Å². The lowest BCUT2D eigenvalue weighted by molar-refractivity contribution is -0.0630. The van der Waals surface area contributed by atoms with Crippen LogP contribution in [0.3, 0.4) is 0 Å². The summed E-state index contributed by atoms with van der Waals surface area (Å²) in [4.78, 5) is 2.48. The molecular formula is C33H44N2O5S. The van der Waals surface area contributed by atoms with Crippen LogP contribution in [0.4, 0.5) is 0 Å². The highest BCUT2D eigenvalue weighted by molar-refractivity contribution is 7.84. The van der Waals surface area contributed by atoms with Crippen molar-refractivity contribution in [3.8, 4) is 11.5 Å². The lowest BCUT2D eigenvalue weighted by Crippen LogP contribution is -2.53. The molecule has 8 heteroatoms. The van der Waals surface area contributed by atoms with E-state index in [4.69, 9.17) is 14.1 Å². The van der Waals surface area contributed by atoms with Gasteiger partial charge in [-0.3, -0.25) is 4.90 Å². The summed E-state index contributed by atoms with van der Waals surface area (Å²) in [7, 11) is -4.10. The van der Waals surface area contributed by atoms with E-state index in [1.54, 1.807) is 6.07 Å². The number of hydrogen-bond acceptors (Lipinski definition) is 6. The Bertz CT molecular complexity index is 1370. The van der Waals surface area contributed by atoms with Gasteiger partial charge in [0, 0.05) is 12.5 Å². The van der Waals surface area contributed by atoms with Crippen LogP contribution in [0.2, 0.25) is 0 Å². The van der Waals surface area contributed by atoms with Crippen LogP contribution in [0.1, 0.15) is 80.4 Å². The quantitative estimate of drug-likeness (QED) is 0.411. The number of ether oxygens (including phenoxy) is 1. The van der Waals surface area contributed by atoms with Crippen molar-refractivity contribution in [3.63, 3.8) is 0 Å². The number of rotatable bonds is 8. The molecule has 3 N–H and O–H groups in total. The van der Waals surface area contributed by atoms with E-state index in [9.17, 15) is 13.5 Å². The molecule has 0 radical (unpaired) electrons. The highest BCUT2D eigenvalue weighted by atomic mass is 32.2. The number of allylic oxidation sites excluding steroid dienone is 1. The molecule has 2 aromatic carbocycles. The molecule has 6 atom stereocenters. The van der Waals surface area contributed by atoms with Crippen LogP contribution in [-0.4, -0.2) is 50.8 Å². The van der Waals surface area contributed by atoms with Gasteiger partial charge in [-0.2, -0.15) is 13.6 Å². The lowest BCUT2D eigenvalue weighted by Gasteiger charge is -2.60. The van der Waals surface area contributed by atoms with E-state index in [1.807, 2.05) is 12.1 Å². The molecule has 1 heterocycles. The third kappa shape index (κ3) is 5.33. The van der Waals surface area contributed by atoms with Crippen molar-refractivity contribution < 1.29 is 22.4 Å². The minimum Gasteiger partial charge on any atom is -0.492 e. The monoisotopic (exact) mass is 580 g/mol. The second-order valence-electron chi connectivity index (χ2n) is 13.0. The molecule has 2 unspecified atom stereocenters. The van der Waals surface area contributed by atoms with Gasteiger partial charge in [0.25, 0.3) is 0 Å². The van der Waals surface area contributed by atoms with Crippen molar-refractivity contribution in [1.82, 2.24) is 4.90 Å². The maximum atomic E-state index is 11.6. The number of aliphatic hydroxyl groups excluding tert-OH is 1. The predicted octanol–water partition coefficient (Wildman–Crippen LogP) is 5.30. The molecule has 4 aliphatic rings. The standard InChI is InChI=1S/C33H44N2O5S/c1-3-33-16-15-24-21-26(40-41(34,37)38)11-12-27(24)31(33)28(22-32(2)29(33)13-14-30(32)36)23-7-9-25(10-8-23)39-20-19-35-17-5-4-6-18-35/h3,7-12,21,28-31,36H,1,4-6,13-20,22H2,2H3,(H2,34,37,38)/t28-,29?,30+,31?,32+,33+/m1/s1. The Morgan fingerprint density at radius 2 is 1.83 bits per heavy atom. The number of likely N-dealkylation sites (tertiary alicyclic amines) is 1. The number of fused-ring (bicyclic) bond motifs is 5. The van der Waals surface area contributed by atoms with Gasteiger partial charge in [-0.1, -0.05) is 37.6 Å². The van der Waals surface area contributed by atoms with E-state index in [2.05, 4.69) is 48.7 Å². The molecule has 3 fully saturated rings. The van der Waals surface area contributed by atoms with Crippen molar-refractivity contribution in [2.75, 3.05) is 26.2 Å². The summed E-state index contributed by atoms with van der Waals surface area (Å²) < 4.78 is 34.4. The average molecular weight is 581 g/mol. The third-order valence-electron chi connectivity index (χ3n) is 10.9. The van der Waals surface area contributed by atoms with Gasteiger partial charge in [0.2, 0.25) is 0 Å². The van der Waals surface area contributed by atoms with Crippen LogP contribution < -0.4 is 14.1 Å². The zero-order valence-electron chi connectivity index (χ0n) is 24.1. The summed E-state index contributed by atoms with van der Waals surface area (Å²) in [6, 6.07) is 14.2. The second kappa shape index (κ2) is 11.0. The van der Waals surface area contributed by atoms with Gasteiger partial charge in [-0.25, -0.2) is 0 Å². The Hall–Kier alpha value is -2.39. The van der Waals surface area contributed by atoms with Crippen molar-refractivity contribution in [2.45, 2.75) is 76.2 Å². The van der Waals surface area contributed by atoms with Gasteiger partial charge >= 0.3 is 10.3 Å². The van der Waals surface area contributed by atoms with Gasteiger partial charge < -0.3 is 14.0 Å². The maximum absolute atomic E-state index is 11.6. The molecule has 1 aliphatic heterocycles. The number of aryl methyl sites for hydroxylation is 1. The zero-order chi connectivity index (χ0) is 28.8. The minimum atomic E-state index is -4.10. The predicted molar refractivity (Wildman–Crippen MR) is 160 cm³/mol. The Balaban J connectivity index is 1.32. The number of aliphatic hydroxyl groups is 1. The fourth-order valence-electron chi connectivity index (χ4n) is 9.00. The van der Waals surface area contributed by atoms with Crippen LogP contribution >= 0.6 is 0 Å². The van der Waals surface area contributed by atoms with Crippen LogP contribution in [-0.2, 0) is 16.7 Å². The van der Waals surface area contributed by atoms with Crippen LogP contribution in [0.15, 0.2) is 55.1 Å². The summed E-state index contributed by atoms with van der Waals surface area (Å²) in [6.45, 7) is 10.7. The van der Waals surface area contributed by atoms with Gasteiger partial charge in [-0.15, -0.1) is 6.58 Å². The topological polar surface area (TPSA) is 102 Å². The largest absolute Gasteiger partial charge is 0.492 e. The number of benzene rings is 2. The van der Waals surface area contributed by atoms with Crippen molar-refractivity contribution in [2.24, 2.45) is 21.9 Å². The molecular weight excluding hydrogens is 536 g/mol. The molecule has 2 saturated carbocycles. The Morgan fingerprint density at radius 1 is 1.10 bits per heavy atom. The zero-order valence-corrected chi connectivity index (χ0v) is 25.0. The highest BCUT2D eigenvalue weighted by Gasteiger charge is 2.63. The Morgan fingerprint density at radius 3 is 2.54 bits per heavy atom. The Labute approximate surface area is 245 Å². The first kappa shape index (κ1) is 28.7.